The fourth-order valence-corrected chi connectivity index (χ4v) is 1.94. The van der Waals surface area contributed by atoms with E-state index in [0.29, 0.717) is 11.2 Å². The number of pyridine rings is 1. The summed E-state index contributed by atoms with van der Waals surface area (Å²) in [5.41, 5.74) is 0.540. The lowest BCUT2D eigenvalue weighted by Crippen LogP contribution is -1.95. The number of benzene rings is 1. The second-order valence-corrected chi connectivity index (χ2v) is 4.20. The maximum Gasteiger partial charge on any atom is 0.272 e. The first-order valence-corrected chi connectivity index (χ1v) is 5.79. The minimum Gasteiger partial charge on any atom is -0.281 e. The van der Waals surface area contributed by atoms with Crippen molar-refractivity contribution >= 4 is 11.3 Å². The summed E-state index contributed by atoms with van der Waals surface area (Å²) < 4.78 is 15.5. The number of nitriles is 1. The number of non-ortho nitro benzene ring substituents is 1. The van der Waals surface area contributed by atoms with Gasteiger partial charge in [-0.15, -0.1) is 10.2 Å². The quantitative estimate of drug-likeness (QED) is 0.531. The van der Waals surface area contributed by atoms with Gasteiger partial charge < -0.3 is 0 Å². The molecule has 0 bridgehead atoms. The van der Waals surface area contributed by atoms with E-state index >= 15 is 0 Å². The number of nitro benzene ring substituents is 1. The predicted molar refractivity (Wildman–Crippen MR) is 69.8 cm³/mol. The summed E-state index contributed by atoms with van der Waals surface area (Å²) in [4.78, 5) is 9.94. The van der Waals surface area contributed by atoms with Gasteiger partial charge in [-0.3, -0.25) is 14.5 Å². The van der Waals surface area contributed by atoms with Crippen LogP contribution in [0.2, 0.25) is 0 Å². The molecule has 2 heterocycles. The maximum absolute atomic E-state index is 14.0. The molecule has 2 aromatic heterocycles. The van der Waals surface area contributed by atoms with Gasteiger partial charge in [-0.25, -0.2) is 4.39 Å². The van der Waals surface area contributed by atoms with Crippen LogP contribution in [0.1, 0.15) is 5.56 Å². The molecule has 0 saturated carbocycles. The van der Waals surface area contributed by atoms with Gasteiger partial charge in [-0.2, -0.15) is 5.26 Å². The van der Waals surface area contributed by atoms with Crippen molar-refractivity contribution in [1.29, 1.82) is 5.26 Å². The highest BCUT2D eigenvalue weighted by atomic mass is 19.1. The summed E-state index contributed by atoms with van der Waals surface area (Å²) in [6.45, 7) is 0. The zero-order chi connectivity index (χ0) is 15.0. The van der Waals surface area contributed by atoms with E-state index in [2.05, 4.69) is 10.2 Å². The smallest absolute Gasteiger partial charge is 0.272 e. The van der Waals surface area contributed by atoms with E-state index in [9.17, 15) is 14.5 Å². The fraction of sp³-hybridized carbons (Fsp3) is 0. The zero-order valence-corrected chi connectivity index (χ0v) is 10.4. The second kappa shape index (κ2) is 4.64. The van der Waals surface area contributed by atoms with Crippen LogP contribution in [0.25, 0.3) is 17.0 Å². The van der Waals surface area contributed by atoms with Crippen LogP contribution < -0.4 is 0 Å². The molecule has 0 unspecified atom stereocenters. The standard InChI is InChI=1S/C13H6FN5O2/c14-11-5-9(19(20)21)2-3-10(11)13-17-16-12-4-1-8(6-15)7-18(12)13/h1-5,7H. The lowest BCUT2D eigenvalue weighted by atomic mass is 10.2. The number of hydrogen-bond donors (Lipinski definition) is 0. The van der Waals surface area contributed by atoms with Gasteiger partial charge in [0, 0.05) is 12.3 Å². The van der Waals surface area contributed by atoms with E-state index in [1.54, 1.807) is 12.1 Å². The molecule has 3 rings (SSSR count). The highest BCUT2D eigenvalue weighted by Gasteiger charge is 2.16. The summed E-state index contributed by atoms with van der Waals surface area (Å²) in [6.07, 6.45) is 1.48. The Bertz CT molecular complexity index is 913. The summed E-state index contributed by atoms with van der Waals surface area (Å²) >= 11 is 0. The lowest BCUT2D eigenvalue weighted by Gasteiger charge is -2.02. The van der Waals surface area contributed by atoms with E-state index in [1.807, 2.05) is 6.07 Å². The van der Waals surface area contributed by atoms with Crippen LogP contribution in [-0.4, -0.2) is 19.5 Å². The Hall–Kier alpha value is -3.34. The Kier molecular flexibility index (Phi) is 2.80. The molecule has 7 nitrogen and oxygen atoms in total. The van der Waals surface area contributed by atoms with E-state index in [-0.39, 0.29) is 17.1 Å². The molecule has 0 fully saturated rings. The number of hydrogen-bond acceptors (Lipinski definition) is 5. The van der Waals surface area contributed by atoms with Gasteiger partial charge in [-0.1, -0.05) is 0 Å². The SMILES string of the molecule is N#Cc1ccc2nnc(-c3ccc([N+](=O)[O-])cc3F)n2c1. The van der Waals surface area contributed by atoms with Crippen molar-refractivity contribution in [2.45, 2.75) is 0 Å². The van der Waals surface area contributed by atoms with Crippen molar-refractivity contribution < 1.29 is 9.31 Å². The largest absolute Gasteiger partial charge is 0.281 e. The summed E-state index contributed by atoms with van der Waals surface area (Å²) in [6, 6.07) is 8.40. The van der Waals surface area contributed by atoms with Crippen LogP contribution in [0.3, 0.4) is 0 Å². The molecule has 1 aromatic carbocycles. The molecule has 0 radical (unpaired) electrons. The van der Waals surface area contributed by atoms with Gasteiger partial charge in [0.25, 0.3) is 5.69 Å². The van der Waals surface area contributed by atoms with Crippen LogP contribution in [0.4, 0.5) is 10.1 Å². The molecule has 3 aromatic rings. The lowest BCUT2D eigenvalue weighted by molar-refractivity contribution is -0.385. The number of halogens is 1. The third-order valence-electron chi connectivity index (χ3n) is 2.94. The predicted octanol–water partition coefficient (Wildman–Crippen LogP) is 2.32. The van der Waals surface area contributed by atoms with Crippen LogP contribution in [0, 0.1) is 27.3 Å². The molecule has 0 aliphatic heterocycles. The Balaban J connectivity index is 2.21. The van der Waals surface area contributed by atoms with Crippen LogP contribution >= 0.6 is 0 Å². The third kappa shape index (κ3) is 2.06. The summed E-state index contributed by atoms with van der Waals surface area (Å²) in [5, 5.41) is 27.3. The molecule has 0 amide bonds. The van der Waals surface area contributed by atoms with Crippen LogP contribution in [0.15, 0.2) is 36.5 Å². The van der Waals surface area contributed by atoms with Gasteiger partial charge in [0.15, 0.2) is 11.5 Å². The van der Waals surface area contributed by atoms with E-state index in [4.69, 9.17) is 5.26 Å². The molecule has 0 spiro atoms. The van der Waals surface area contributed by atoms with Crippen LogP contribution in [0.5, 0.6) is 0 Å². The van der Waals surface area contributed by atoms with E-state index in [1.165, 1.54) is 22.7 Å². The normalized spacial score (nSPS) is 10.5. The van der Waals surface area contributed by atoms with E-state index < -0.39 is 10.7 Å². The Morgan fingerprint density at radius 1 is 1.29 bits per heavy atom. The fourth-order valence-electron chi connectivity index (χ4n) is 1.94. The highest BCUT2D eigenvalue weighted by Crippen LogP contribution is 2.25. The molecule has 0 atom stereocenters. The Morgan fingerprint density at radius 2 is 2.10 bits per heavy atom. The topological polar surface area (TPSA) is 97.1 Å². The highest BCUT2D eigenvalue weighted by molar-refractivity contribution is 5.62. The van der Waals surface area contributed by atoms with Crippen molar-refractivity contribution in [2.24, 2.45) is 0 Å². The molecular weight excluding hydrogens is 277 g/mol. The monoisotopic (exact) mass is 283 g/mol. The van der Waals surface area contributed by atoms with Gasteiger partial charge in [0.05, 0.1) is 22.1 Å². The molecular formula is C13H6FN5O2. The first kappa shape index (κ1) is 12.7. The number of fused-ring (bicyclic) bond motifs is 1. The number of nitrogens with zero attached hydrogens (tertiary/aromatic N) is 5. The third-order valence-corrected chi connectivity index (χ3v) is 2.94. The number of aromatic nitrogens is 3. The van der Waals surface area contributed by atoms with Gasteiger partial charge >= 0.3 is 0 Å². The van der Waals surface area contributed by atoms with Crippen molar-refractivity contribution in [3.63, 3.8) is 0 Å². The molecule has 0 N–H and O–H groups in total. The minimum atomic E-state index is -0.777. The van der Waals surface area contributed by atoms with Crippen molar-refractivity contribution in [3.05, 3.63) is 58.0 Å². The summed E-state index contributed by atoms with van der Waals surface area (Å²) in [5.74, 6) is -0.602. The van der Waals surface area contributed by atoms with Gasteiger partial charge in [-0.05, 0) is 18.2 Å². The first-order valence-electron chi connectivity index (χ1n) is 5.79. The molecule has 21 heavy (non-hydrogen) atoms. The van der Waals surface area contributed by atoms with Gasteiger partial charge in [0.2, 0.25) is 0 Å². The first-order chi connectivity index (χ1) is 10.1. The average Bonchev–Trinajstić information content (AvgIpc) is 2.89. The van der Waals surface area contributed by atoms with Crippen molar-refractivity contribution in [1.82, 2.24) is 14.6 Å². The molecule has 102 valence electrons. The van der Waals surface area contributed by atoms with Crippen LogP contribution in [-0.2, 0) is 0 Å². The maximum atomic E-state index is 14.0. The number of rotatable bonds is 2. The molecule has 0 aliphatic rings. The second-order valence-electron chi connectivity index (χ2n) is 4.20. The summed E-state index contributed by atoms with van der Waals surface area (Å²) in [7, 11) is 0. The van der Waals surface area contributed by atoms with Crippen molar-refractivity contribution in [3.8, 4) is 17.5 Å². The average molecular weight is 283 g/mol. The number of nitro groups is 1. The Morgan fingerprint density at radius 3 is 2.76 bits per heavy atom. The Labute approximate surface area is 117 Å². The molecule has 0 saturated heterocycles. The molecule has 0 aliphatic carbocycles. The van der Waals surface area contributed by atoms with Crippen molar-refractivity contribution in [2.75, 3.05) is 0 Å². The zero-order valence-electron chi connectivity index (χ0n) is 10.4. The van der Waals surface area contributed by atoms with E-state index in [0.717, 1.165) is 6.07 Å². The molecule has 8 heteroatoms. The minimum absolute atomic E-state index is 0.0724. The van der Waals surface area contributed by atoms with Gasteiger partial charge in [0.1, 0.15) is 11.9 Å².